The molecule has 0 aromatic rings. The van der Waals surface area contributed by atoms with E-state index in [0.717, 1.165) is 25.7 Å². The van der Waals surface area contributed by atoms with Crippen molar-refractivity contribution in [1.29, 1.82) is 0 Å². The van der Waals surface area contributed by atoms with Crippen LogP contribution >= 0.6 is 0 Å². The van der Waals surface area contributed by atoms with Gasteiger partial charge in [0.1, 0.15) is 5.60 Å². The van der Waals surface area contributed by atoms with E-state index in [9.17, 15) is 4.79 Å². The Bertz CT molecular complexity index is 370. The van der Waals surface area contributed by atoms with Crippen LogP contribution in [0.1, 0.15) is 46.5 Å². The second kappa shape index (κ2) is 4.69. The molecule has 6 heteroatoms. The lowest BCUT2D eigenvalue weighted by Crippen LogP contribution is -2.49. The van der Waals surface area contributed by atoms with Crippen LogP contribution in [0.5, 0.6) is 0 Å². The first kappa shape index (κ1) is 13.0. The Morgan fingerprint density at radius 1 is 1.33 bits per heavy atom. The molecule has 0 aromatic heterocycles. The van der Waals surface area contributed by atoms with Gasteiger partial charge in [0, 0.05) is 23.0 Å². The molecule has 0 radical (unpaired) electrons. The molecule has 0 spiro atoms. The molecule has 0 aliphatic carbocycles. The first-order valence-electron chi connectivity index (χ1n) is 6.46. The number of azide groups is 1. The van der Waals surface area contributed by atoms with E-state index in [0.29, 0.717) is 0 Å². The number of carbonyl (C=O) groups excluding carboxylic acids is 1. The molecule has 100 valence electrons. The lowest BCUT2D eigenvalue weighted by atomic mass is 9.99. The normalized spacial score (nSPS) is 30.8. The van der Waals surface area contributed by atoms with E-state index in [4.69, 9.17) is 10.3 Å². The molecule has 1 amide bonds. The van der Waals surface area contributed by atoms with Crippen LogP contribution in [-0.4, -0.2) is 34.7 Å². The van der Waals surface area contributed by atoms with Crippen LogP contribution in [0.15, 0.2) is 5.11 Å². The summed E-state index contributed by atoms with van der Waals surface area (Å²) in [6.07, 6.45) is 3.27. The highest BCUT2D eigenvalue weighted by atomic mass is 16.6. The highest BCUT2D eigenvalue weighted by Gasteiger charge is 2.44. The number of carbonyl (C=O) groups is 1. The fourth-order valence-corrected chi connectivity index (χ4v) is 2.93. The van der Waals surface area contributed by atoms with Crippen LogP contribution in [-0.2, 0) is 4.74 Å². The van der Waals surface area contributed by atoms with Crippen LogP contribution in [0.3, 0.4) is 0 Å². The number of hydrogen-bond acceptors (Lipinski definition) is 3. The zero-order valence-electron chi connectivity index (χ0n) is 11.2. The van der Waals surface area contributed by atoms with Gasteiger partial charge in [-0.05, 0) is 52.0 Å². The van der Waals surface area contributed by atoms with Crippen molar-refractivity contribution < 1.29 is 9.53 Å². The smallest absolute Gasteiger partial charge is 0.410 e. The van der Waals surface area contributed by atoms with Gasteiger partial charge in [-0.25, -0.2) is 4.79 Å². The van der Waals surface area contributed by atoms with Crippen molar-refractivity contribution in [1.82, 2.24) is 4.90 Å². The minimum atomic E-state index is -0.460. The second-order valence-electron chi connectivity index (χ2n) is 6.10. The summed E-state index contributed by atoms with van der Waals surface area (Å²) in [4.78, 5) is 16.9. The van der Waals surface area contributed by atoms with Crippen molar-refractivity contribution in [2.24, 2.45) is 5.11 Å². The molecule has 0 N–H and O–H groups in total. The van der Waals surface area contributed by atoms with Gasteiger partial charge in [0.15, 0.2) is 0 Å². The first-order valence-corrected chi connectivity index (χ1v) is 6.46. The molecule has 1 unspecified atom stereocenters. The first-order chi connectivity index (χ1) is 8.40. The molecular weight excluding hydrogens is 232 g/mol. The lowest BCUT2D eigenvalue weighted by Gasteiger charge is -2.38. The summed E-state index contributed by atoms with van der Waals surface area (Å²) in [7, 11) is 0. The van der Waals surface area contributed by atoms with E-state index in [-0.39, 0.29) is 24.2 Å². The van der Waals surface area contributed by atoms with E-state index >= 15 is 0 Å². The fraction of sp³-hybridized carbons (Fsp3) is 0.917. The van der Waals surface area contributed by atoms with Crippen molar-refractivity contribution in [3.63, 3.8) is 0 Å². The number of ether oxygens (including phenoxy) is 1. The molecule has 2 saturated heterocycles. The number of piperidine rings is 1. The van der Waals surface area contributed by atoms with E-state index in [2.05, 4.69) is 10.0 Å². The van der Waals surface area contributed by atoms with Crippen molar-refractivity contribution in [3.05, 3.63) is 10.4 Å². The van der Waals surface area contributed by atoms with Gasteiger partial charge in [0.25, 0.3) is 0 Å². The third-order valence-electron chi connectivity index (χ3n) is 3.53. The van der Waals surface area contributed by atoms with Gasteiger partial charge in [-0.1, -0.05) is 5.11 Å². The number of rotatable bonds is 1. The van der Waals surface area contributed by atoms with Gasteiger partial charge in [0.05, 0.1) is 0 Å². The quantitative estimate of drug-likeness (QED) is 0.408. The lowest BCUT2D eigenvalue weighted by molar-refractivity contribution is 0.00620. The molecule has 2 rings (SSSR count). The predicted octanol–water partition coefficient (Wildman–Crippen LogP) is 3.23. The van der Waals surface area contributed by atoms with Gasteiger partial charge in [0.2, 0.25) is 0 Å². The summed E-state index contributed by atoms with van der Waals surface area (Å²) in [5, 5.41) is 3.79. The van der Waals surface area contributed by atoms with Gasteiger partial charge in [-0.2, -0.15) is 0 Å². The molecule has 2 aliphatic rings. The van der Waals surface area contributed by atoms with Crippen LogP contribution in [0, 0.1) is 0 Å². The number of nitrogens with zero attached hydrogens (tertiary/aromatic N) is 4. The van der Waals surface area contributed by atoms with E-state index in [1.54, 1.807) is 0 Å². The van der Waals surface area contributed by atoms with Crippen molar-refractivity contribution >= 4 is 6.09 Å². The predicted molar refractivity (Wildman–Crippen MR) is 67.1 cm³/mol. The standard InChI is InChI=1S/C12H20N4O2/c1-12(2,3)18-11(17)16-9-4-5-10(16)7-8(6-9)14-15-13/h8-10H,4-7H2,1-3H3/t8?,9-,10+. The van der Waals surface area contributed by atoms with Gasteiger partial charge >= 0.3 is 6.09 Å². The minimum Gasteiger partial charge on any atom is -0.444 e. The molecule has 3 atom stereocenters. The third kappa shape index (κ3) is 2.70. The highest BCUT2D eigenvalue weighted by Crippen LogP contribution is 2.37. The van der Waals surface area contributed by atoms with Crippen LogP contribution < -0.4 is 0 Å². The monoisotopic (exact) mass is 252 g/mol. The van der Waals surface area contributed by atoms with E-state index < -0.39 is 5.60 Å². The van der Waals surface area contributed by atoms with E-state index in [1.165, 1.54) is 0 Å². The number of fused-ring (bicyclic) bond motifs is 2. The summed E-state index contributed by atoms with van der Waals surface area (Å²) in [6.45, 7) is 5.62. The Morgan fingerprint density at radius 3 is 2.33 bits per heavy atom. The Morgan fingerprint density at radius 2 is 1.89 bits per heavy atom. The SMILES string of the molecule is CC(C)(C)OC(=O)N1[C@@H]2CC[C@H]1CC(N=[N+]=[N-])C2. The van der Waals surface area contributed by atoms with Gasteiger partial charge < -0.3 is 9.64 Å². The maximum atomic E-state index is 12.1. The maximum absolute atomic E-state index is 12.1. The Hall–Kier alpha value is -1.42. The average Bonchev–Trinajstić information content (AvgIpc) is 2.49. The van der Waals surface area contributed by atoms with Crippen molar-refractivity contribution in [2.75, 3.05) is 0 Å². The second-order valence-corrected chi connectivity index (χ2v) is 6.10. The van der Waals surface area contributed by atoms with Gasteiger partial charge in [-0.3, -0.25) is 0 Å². The number of amides is 1. The number of hydrogen-bond donors (Lipinski definition) is 0. The largest absolute Gasteiger partial charge is 0.444 e. The minimum absolute atomic E-state index is 0.0335. The van der Waals surface area contributed by atoms with Crippen LogP contribution in [0.4, 0.5) is 4.79 Å². The van der Waals surface area contributed by atoms with E-state index in [1.807, 2.05) is 25.7 Å². The topological polar surface area (TPSA) is 78.3 Å². The Balaban J connectivity index is 2.04. The molecule has 0 saturated carbocycles. The Kier molecular flexibility index (Phi) is 3.39. The molecule has 6 nitrogen and oxygen atoms in total. The van der Waals surface area contributed by atoms with Crippen LogP contribution in [0.25, 0.3) is 10.4 Å². The zero-order valence-corrected chi connectivity index (χ0v) is 11.2. The van der Waals surface area contributed by atoms with Gasteiger partial charge in [-0.15, -0.1) is 0 Å². The van der Waals surface area contributed by atoms with Crippen molar-refractivity contribution in [3.8, 4) is 0 Å². The molecule has 18 heavy (non-hydrogen) atoms. The molecule has 2 bridgehead atoms. The highest BCUT2D eigenvalue weighted by molar-refractivity contribution is 5.69. The summed E-state index contributed by atoms with van der Waals surface area (Å²) in [5.41, 5.74) is 8.03. The molecular formula is C12H20N4O2. The summed E-state index contributed by atoms with van der Waals surface area (Å²) in [5.74, 6) is 0. The molecule has 2 heterocycles. The van der Waals surface area contributed by atoms with Crippen molar-refractivity contribution in [2.45, 2.75) is 70.2 Å². The maximum Gasteiger partial charge on any atom is 0.410 e. The Labute approximate surface area is 107 Å². The summed E-state index contributed by atoms with van der Waals surface area (Å²) >= 11 is 0. The third-order valence-corrected chi connectivity index (χ3v) is 3.53. The zero-order chi connectivity index (χ0) is 13.3. The summed E-state index contributed by atoms with van der Waals surface area (Å²) < 4.78 is 5.44. The molecule has 0 aromatic carbocycles. The average molecular weight is 252 g/mol. The molecule has 2 aliphatic heterocycles. The van der Waals surface area contributed by atoms with Crippen LogP contribution in [0.2, 0.25) is 0 Å². The summed E-state index contributed by atoms with van der Waals surface area (Å²) in [6, 6.07) is 0.384. The fourth-order valence-electron chi connectivity index (χ4n) is 2.93. The molecule has 2 fully saturated rings.